The van der Waals surface area contributed by atoms with Crippen LogP contribution in [0.3, 0.4) is 0 Å². The van der Waals surface area contributed by atoms with Gasteiger partial charge in [0, 0.05) is 11.3 Å². The van der Waals surface area contributed by atoms with Crippen molar-refractivity contribution < 1.29 is 0 Å². The molecule has 0 aliphatic rings. The van der Waals surface area contributed by atoms with E-state index in [2.05, 4.69) is 47.6 Å². The van der Waals surface area contributed by atoms with E-state index < -0.39 is 0 Å². The first-order valence-corrected chi connectivity index (χ1v) is 7.10. The van der Waals surface area contributed by atoms with Crippen LogP contribution in [-0.4, -0.2) is 16.3 Å². The van der Waals surface area contributed by atoms with Gasteiger partial charge >= 0.3 is 0 Å². The highest BCUT2D eigenvalue weighted by atomic mass is 15.3. The highest BCUT2D eigenvalue weighted by Crippen LogP contribution is 2.13. The molecule has 2 N–H and O–H groups in total. The van der Waals surface area contributed by atoms with Crippen LogP contribution < -0.4 is 5.73 Å². The van der Waals surface area contributed by atoms with E-state index in [1.807, 2.05) is 18.2 Å². The fourth-order valence-electron chi connectivity index (χ4n) is 2.20. The molecule has 0 amide bonds. The lowest BCUT2D eigenvalue weighted by Gasteiger charge is -2.08. The number of rotatable bonds is 4. The fraction of sp³-hybridized carbons (Fsp3) is 0.353. The number of nitrogens with zero attached hydrogens (tertiary/aromatic N) is 2. The quantitative estimate of drug-likeness (QED) is 0.864. The van der Waals surface area contributed by atoms with Crippen LogP contribution in [0.5, 0.6) is 0 Å². The Morgan fingerprint density at radius 3 is 2.70 bits per heavy atom. The molecule has 1 heterocycles. The summed E-state index contributed by atoms with van der Waals surface area (Å²) in [5, 5.41) is 4.66. The first-order valence-electron chi connectivity index (χ1n) is 7.10. The predicted octanol–water partition coefficient (Wildman–Crippen LogP) is 2.37. The zero-order chi connectivity index (χ0) is 14.4. The standard InChI is InChI=1S/C17H21N3/c1-3-16-12-17(4-2)20(19-16)13-15-9-6-5-8-14(15)10-7-11-18/h5-6,8-9,12H,3-4,11,13,18H2,1-2H3. The van der Waals surface area contributed by atoms with Gasteiger partial charge in [-0.3, -0.25) is 4.68 Å². The third-order valence-electron chi connectivity index (χ3n) is 3.30. The van der Waals surface area contributed by atoms with Crippen molar-refractivity contribution in [2.45, 2.75) is 33.2 Å². The SMILES string of the molecule is CCc1cc(CC)n(Cc2ccccc2C#CCN)n1. The monoisotopic (exact) mass is 267 g/mol. The Kier molecular flexibility index (Phi) is 4.97. The Morgan fingerprint density at radius 2 is 2.00 bits per heavy atom. The zero-order valence-electron chi connectivity index (χ0n) is 12.2. The molecule has 3 nitrogen and oxygen atoms in total. The van der Waals surface area contributed by atoms with E-state index in [1.165, 1.54) is 11.3 Å². The van der Waals surface area contributed by atoms with Crippen molar-refractivity contribution >= 4 is 0 Å². The molecule has 1 aromatic carbocycles. The van der Waals surface area contributed by atoms with Crippen LogP contribution in [0.15, 0.2) is 30.3 Å². The zero-order valence-corrected chi connectivity index (χ0v) is 12.2. The first kappa shape index (κ1) is 14.4. The van der Waals surface area contributed by atoms with Gasteiger partial charge in [0.05, 0.1) is 18.8 Å². The lowest BCUT2D eigenvalue weighted by molar-refractivity contribution is 0.640. The highest BCUT2D eigenvalue weighted by Gasteiger charge is 2.07. The summed E-state index contributed by atoms with van der Waals surface area (Å²) in [5.41, 5.74) is 10.1. The van der Waals surface area contributed by atoms with Gasteiger partial charge in [-0.15, -0.1) is 0 Å². The van der Waals surface area contributed by atoms with Gasteiger partial charge in [-0.1, -0.05) is 43.9 Å². The minimum Gasteiger partial charge on any atom is -0.320 e. The molecule has 0 unspecified atom stereocenters. The van der Waals surface area contributed by atoms with Crippen molar-refractivity contribution in [3.63, 3.8) is 0 Å². The smallest absolute Gasteiger partial charge is 0.0674 e. The van der Waals surface area contributed by atoms with Gasteiger partial charge in [-0.05, 0) is 30.5 Å². The molecule has 0 atom stereocenters. The number of benzene rings is 1. The molecule has 0 radical (unpaired) electrons. The van der Waals surface area contributed by atoms with Crippen LogP contribution in [0, 0.1) is 11.8 Å². The average molecular weight is 267 g/mol. The maximum absolute atomic E-state index is 5.45. The summed E-state index contributed by atoms with van der Waals surface area (Å²) < 4.78 is 2.09. The third kappa shape index (κ3) is 3.28. The fourth-order valence-corrected chi connectivity index (χ4v) is 2.20. The van der Waals surface area contributed by atoms with E-state index in [-0.39, 0.29) is 0 Å². The molecule has 0 fully saturated rings. The number of hydrogen-bond acceptors (Lipinski definition) is 2. The molecule has 3 heteroatoms. The number of aromatic nitrogens is 2. The maximum atomic E-state index is 5.45. The molecule has 2 rings (SSSR count). The van der Waals surface area contributed by atoms with E-state index in [1.54, 1.807) is 0 Å². The molecule has 104 valence electrons. The summed E-state index contributed by atoms with van der Waals surface area (Å²) in [6, 6.07) is 10.4. The van der Waals surface area contributed by atoms with Gasteiger partial charge in [0.25, 0.3) is 0 Å². The van der Waals surface area contributed by atoms with Gasteiger partial charge in [0.2, 0.25) is 0 Å². The summed E-state index contributed by atoms with van der Waals surface area (Å²) in [4.78, 5) is 0. The van der Waals surface area contributed by atoms with E-state index >= 15 is 0 Å². The van der Waals surface area contributed by atoms with Crippen molar-refractivity contribution in [2.75, 3.05) is 6.54 Å². The molecule has 0 bridgehead atoms. The molecule has 2 aromatic rings. The molecular formula is C17H21N3. The molecule has 0 aliphatic heterocycles. The first-order chi connectivity index (χ1) is 9.78. The Bertz CT molecular complexity index is 629. The van der Waals surface area contributed by atoms with Crippen molar-refractivity contribution in [1.82, 2.24) is 9.78 Å². The topological polar surface area (TPSA) is 43.8 Å². The molecular weight excluding hydrogens is 246 g/mol. The average Bonchev–Trinajstić information content (AvgIpc) is 2.88. The predicted molar refractivity (Wildman–Crippen MR) is 82.5 cm³/mol. The summed E-state index contributed by atoms with van der Waals surface area (Å²) in [7, 11) is 0. The van der Waals surface area contributed by atoms with E-state index in [9.17, 15) is 0 Å². The Hall–Kier alpha value is -2.05. The van der Waals surface area contributed by atoms with Crippen LogP contribution in [0.25, 0.3) is 0 Å². The lowest BCUT2D eigenvalue weighted by atomic mass is 10.1. The van der Waals surface area contributed by atoms with Crippen molar-refractivity contribution in [2.24, 2.45) is 5.73 Å². The van der Waals surface area contributed by atoms with Gasteiger partial charge < -0.3 is 5.73 Å². The lowest BCUT2D eigenvalue weighted by Crippen LogP contribution is -2.07. The van der Waals surface area contributed by atoms with E-state index in [0.717, 1.165) is 30.6 Å². The van der Waals surface area contributed by atoms with Crippen LogP contribution in [0.2, 0.25) is 0 Å². The second-order valence-electron chi connectivity index (χ2n) is 4.65. The number of aryl methyl sites for hydroxylation is 2. The highest BCUT2D eigenvalue weighted by molar-refractivity contribution is 5.41. The Morgan fingerprint density at radius 1 is 1.20 bits per heavy atom. The largest absolute Gasteiger partial charge is 0.320 e. The van der Waals surface area contributed by atoms with Gasteiger partial charge in [-0.2, -0.15) is 5.10 Å². The summed E-state index contributed by atoms with van der Waals surface area (Å²) in [5.74, 6) is 6.06. The maximum Gasteiger partial charge on any atom is 0.0674 e. The number of nitrogens with two attached hydrogens (primary N) is 1. The summed E-state index contributed by atoms with van der Waals surface area (Å²) >= 11 is 0. The molecule has 20 heavy (non-hydrogen) atoms. The second kappa shape index (κ2) is 6.93. The molecule has 0 saturated carbocycles. The second-order valence-corrected chi connectivity index (χ2v) is 4.65. The van der Waals surface area contributed by atoms with Crippen molar-refractivity contribution in [1.29, 1.82) is 0 Å². The molecule has 1 aromatic heterocycles. The van der Waals surface area contributed by atoms with E-state index in [4.69, 9.17) is 5.73 Å². The Labute approximate surface area is 120 Å². The van der Waals surface area contributed by atoms with Crippen LogP contribution in [-0.2, 0) is 19.4 Å². The van der Waals surface area contributed by atoms with Crippen molar-refractivity contribution in [3.05, 3.63) is 52.8 Å². The van der Waals surface area contributed by atoms with Gasteiger partial charge in [0.1, 0.15) is 0 Å². The molecule has 0 spiro atoms. The summed E-state index contributed by atoms with van der Waals surface area (Å²) in [6.07, 6.45) is 1.96. The van der Waals surface area contributed by atoms with Crippen molar-refractivity contribution in [3.8, 4) is 11.8 Å². The van der Waals surface area contributed by atoms with Gasteiger partial charge in [-0.25, -0.2) is 0 Å². The normalized spacial score (nSPS) is 10.2. The molecule has 0 aliphatic carbocycles. The molecule has 0 saturated heterocycles. The minimum absolute atomic E-state index is 0.385. The Balaban J connectivity index is 2.32. The van der Waals surface area contributed by atoms with Crippen LogP contribution >= 0.6 is 0 Å². The van der Waals surface area contributed by atoms with Crippen LogP contribution in [0.4, 0.5) is 0 Å². The summed E-state index contributed by atoms with van der Waals surface area (Å²) in [6.45, 7) is 5.44. The number of hydrogen-bond donors (Lipinski definition) is 1. The third-order valence-corrected chi connectivity index (χ3v) is 3.30. The van der Waals surface area contributed by atoms with E-state index in [0.29, 0.717) is 6.54 Å². The minimum atomic E-state index is 0.385. The van der Waals surface area contributed by atoms with Crippen LogP contribution in [0.1, 0.15) is 36.4 Å². The van der Waals surface area contributed by atoms with Gasteiger partial charge in [0.15, 0.2) is 0 Å².